The first-order valence-electron chi connectivity index (χ1n) is 9.62. The molecule has 6 nitrogen and oxygen atoms in total. The first kappa shape index (κ1) is 16.9. The average Bonchev–Trinajstić information content (AvgIpc) is 2.79. The van der Waals surface area contributed by atoms with Crippen LogP contribution in [0.2, 0.25) is 0 Å². The second-order valence-electron chi connectivity index (χ2n) is 10.1. The minimum atomic E-state index is -2.03. The summed E-state index contributed by atoms with van der Waals surface area (Å²) in [5.41, 5.74) is -10.8. The third-order valence-electron chi connectivity index (χ3n) is 9.73. The molecule has 6 fully saturated rings. The molecule has 142 valence electrons. The van der Waals surface area contributed by atoms with E-state index in [1.807, 2.05) is 0 Å². The molecule has 2 aliphatic heterocycles. The van der Waals surface area contributed by atoms with Gasteiger partial charge in [0.2, 0.25) is 0 Å². The van der Waals surface area contributed by atoms with Gasteiger partial charge in [0.25, 0.3) is 0 Å². The molecule has 6 aliphatic rings. The Morgan fingerprint density at radius 3 is 2.20 bits per heavy atom. The molecular weight excluding hydrogens is 324 g/mol. The molecular formula is C19H30O6. The number of hydrogen-bond donors (Lipinski definition) is 5. The zero-order chi connectivity index (χ0) is 18.5. The average molecular weight is 354 g/mol. The van der Waals surface area contributed by atoms with E-state index in [1.165, 1.54) is 0 Å². The molecule has 5 N–H and O–H groups in total. The van der Waals surface area contributed by atoms with Crippen molar-refractivity contribution in [3.8, 4) is 0 Å². The van der Waals surface area contributed by atoms with Crippen LogP contribution < -0.4 is 0 Å². The Morgan fingerprint density at radius 1 is 1.00 bits per heavy atom. The lowest BCUT2D eigenvalue weighted by Crippen LogP contribution is -2.69. The zero-order valence-corrected chi connectivity index (χ0v) is 15.4. The maximum atomic E-state index is 12.2. The van der Waals surface area contributed by atoms with Crippen LogP contribution in [0, 0.1) is 16.7 Å². The molecule has 0 amide bonds. The van der Waals surface area contributed by atoms with Gasteiger partial charge in [0.15, 0.2) is 0 Å². The van der Waals surface area contributed by atoms with Gasteiger partial charge >= 0.3 is 0 Å². The summed E-state index contributed by atoms with van der Waals surface area (Å²) in [6.07, 6.45) is 0.637. The van der Waals surface area contributed by atoms with Gasteiger partial charge in [-0.15, -0.1) is 0 Å². The topological polar surface area (TPSA) is 110 Å². The fraction of sp³-hybridized carbons (Fsp3) is 1.00. The Balaban J connectivity index is 1.92. The molecule has 0 aromatic carbocycles. The van der Waals surface area contributed by atoms with E-state index in [9.17, 15) is 25.5 Å². The molecule has 9 atom stereocenters. The summed E-state index contributed by atoms with van der Waals surface area (Å²) in [6, 6.07) is 0. The lowest BCUT2D eigenvalue weighted by molar-refractivity contribution is -0.280. The van der Waals surface area contributed by atoms with E-state index >= 15 is 0 Å². The number of ether oxygens (including phenoxy) is 1. The van der Waals surface area contributed by atoms with E-state index in [0.717, 1.165) is 12.8 Å². The molecule has 4 saturated carbocycles. The maximum Gasteiger partial charge on any atom is 0.139 e. The molecule has 0 radical (unpaired) electrons. The van der Waals surface area contributed by atoms with Crippen molar-refractivity contribution in [2.45, 2.75) is 100 Å². The molecule has 1 spiro atoms. The quantitative estimate of drug-likeness (QED) is 0.456. The molecule has 6 bridgehead atoms. The first-order chi connectivity index (χ1) is 11.4. The highest BCUT2D eigenvalue weighted by Crippen LogP contribution is 2.87. The summed E-state index contributed by atoms with van der Waals surface area (Å²) in [4.78, 5) is 0. The van der Waals surface area contributed by atoms with Crippen molar-refractivity contribution in [1.29, 1.82) is 0 Å². The first-order valence-corrected chi connectivity index (χ1v) is 9.62. The van der Waals surface area contributed by atoms with Crippen LogP contribution in [0.15, 0.2) is 0 Å². The second-order valence-corrected chi connectivity index (χ2v) is 10.1. The number of aliphatic hydroxyl groups is 5. The summed E-state index contributed by atoms with van der Waals surface area (Å²) < 4.78 is 6.38. The molecule has 0 unspecified atom stereocenters. The van der Waals surface area contributed by atoms with Crippen LogP contribution in [0.25, 0.3) is 0 Å². The van der Waals surface area contributed by atoms with E-state index in [1.54, 1.807) is 27.7 Å². The fourth-order valence-electron chi connectivity index (χ4n) is 8.54. The predicted molar refractivity (Wildman–Crippen MR) is 87.5 cm³/mol. The molecule has 25 heavy (non-hydrogen) atoms. The third-order valence-corrected chi connectivity index (χ3v) is 9.73. The van der Waals surface area contributed by atoms with Crippen LogP contribution in [0.3, 0.4) is 0 Å². The maximum absolute atomic E-state index is 12.2. The van der Waals surface area contributed by atoms with Gasteiger partial charge in [0, 0.05) is 5.41 Å². The van der Waals surface area contributed by atoms with Crippen LogP contribution in [-0.2, 0) is 4.74 Å². The van der Waals surface area contributed by atoms with E-state index in [2.05, 4.69) is 0 Å². The Hall–Kier alpha value is -0.240. The Labute approximate surface area is 147 Å². The van der Waals surface area contributed by atoms with Crippen molar-refractivity contribution in [2.75, 3.05) is 0 Å². The molecule has 4 aliphatic carbocycles. The minimum Gasteiger partial charge on any atom is -0.387 e. The highest BCUT2D eigenvalue weighted by Gasteiger charge is 3.05. The molecule has 2 heterocycles. The normalized spacial score (nSPS) is 70.3. The Bertz CT molecular complexity index is 681. The smallest absolute Gasteiger partial charge is 0.139 e. The predicted octanol–water partition coefficient (Wildman–Crippen LogP) is 0.0828. The highest BCUT2D eigenvalue weighted by atomic mass is 16.6. The van der Waals surface area contributed by atoms with Gasteiger partial charge in [-0.3, -0.25) is 0 Å². The van der Waals surface area contributed by atoms with Gasteiger partial charge in [-0.25, -0.2) is 0 Å². The molecule has 6 heteroatoms. The molecule has 0 aromatic rings. The van der Waals surface area contributed by atoms with Crippen molar-refractivity contribution in [1.82, 2.24) is 0 Å². The van der Waals surface area contributed by atoms with E-state index in [0.29, 0.717) is 19.3 Å². The van der Waals surface area contributed by atoms with Gasteiger partial charge in [-0.1, -0.05) is 40.5 Å². The molecule has 0 aromatic heterocycles. The van der Waals surface area contributed by atoms with E-state index in [-0.39, 0.29) is 0 Å². The van der Waals surface area contributed by atoms with E-state index < -0.39 is 57.0 Å². The van der Waals surface area contributed by atoms with E-state index in [4.69, 9.17) is 4.74 Å². The number of aliphatic hydroxyl groups excluding tert-OH is 1. The van der Waals surface area contributed by atoms with Crippen molar-refractivity contribution in [2.24, 2.45) is 16.7 Å². The SMILES string of the molecule is CC(C)[C@@]1(O)[C@@H](O)[C@@]2(O)[C@@]3(C)C[C@@H]4O[C@@]5(CCCC[C@]35O)[C@@]2(O)[C@@]41C. The Morgan fingerprint density at radius 2 is 1.60 bits per heavy atom. The van der Waals surface area contributed by atoms with Crippen molar-refractivity contribution in [3.05, 3.63) is 0 Å². The van der Waals surface area contributed by atoms with Crippen LogP contribution >= 0.6 is 0 Å². The van der Waals surface area contributed by atoms with Crippen LogP contribution in [0.4, 0.5) is 0 Å². The van der Waals surface area contributed by atoms with Crippen molar-refractivity contribution >= 4 is 0 Å². The van der Waals surface area contributed by atoms with Gasteiger partial charge in [0.05, 0.1) is 11.5 Å². The van der Waals surface area contributed by atoms with Gasteiger partial charge in [-0.05, 0) is 25.2 Å². The zero-order valence-electron chi connectivity index (χ0n) is 15.4. The fourth-order valence-corrected chi connectivity index (χ4v) is 8.54. The molecule has 2 saturated heterocycles. The van der Waals surface area contributed by atoms with Crippen molar-refractivity contribution < 1.29 is 30.3 Å². The third kappa shape index (κ3) is 1.01. The van der Waals surface area contributed by atoms with Crippen LogP contribution in [0.1, 0.15) is 59.8 Å². The summed E-state index contributed by atoms with van der Waals surface area (Å²) in [7, 11) is 0. The summed E-state index contributed by atoms with van der Waals surface area (Å²) in [6.45, 7) is 7.07. The standard InChI is InChI=1S/C19H30O6/c1-10(2)17(22)12(20)18(23)13(3)9-11-14(17,4)19(18,24)16(25-11)8-6-5-7-15(13,16)21/h10-12,20-24H,5-9H2,1-4H3/t11-,12+,13-,14-,15-,16+,17+,18+,19-/m0/s1. The lowest BCUT2D eigenvalue weighted by Gasteiger charge is -2.57. The van der Waals surface area contributed by atoms with Gasteiger partial charge in [0.1, 0.15) is 34.1 Å². The van der Waals surface area contributed by atoms with Crippen molar-refractivity contribution in [3.63, 3.8) is 0 Å². The number of rotatable bonds is 1. The van der Waals surface area contributed by atoms with Crippen LogP contribution in [-0.4, -0.2) is 65.7 Å². The monoisotopic (exact) mass is 354 g/mol. The lowest BCUT2D eigenvalue weighted by atomic mass is 9.54. The molecule has 6 rings (SSSR count). The largest absolute Gasteiger partial charge is 0.387 e. The Kier molecular flexibility index (Phi) is 2.58. The summed E-state index contributed by atoms with van der Waals surface area (Å²) in [5.74, 6) is -0.397. The summed E-state index contributed by atoms with van der Waals surface area (Å²) >= 11 is 0. The minimum absolute atomic E-state index is 0.312. The highest BCUT2D eigenvalue weighted by molar-refractivity contribution is 5.54. The number of hydrogen-bond acceptors (Lipinski definition) is 6. The summed E-state index contributed by atoms with van der Waals surface area (Å²) in [5, 5.41) is 58.9. The second kappa shape index (κ2) is 3.82. The van der Waals surface area contributed by atoms with Crippen LogP contribution in [0.5, 0.6) is 0 Å². The van der Waals surface area contributed by atoms with Gasteiger partial charge in [-0.2, -0.15) is 0 Å². The van der Waals surface area contributed by atoms with Gasteiger partial charge < -0.3 is 30.3 Å².